The number of imidazole rings is 1. The van der Waals surface area contributed by atoms with E-state index in [-0.39, 0.29) is 24.8 Å². The zero-order valence-electron chi connectivity index (χ0n) is 13.8. The van der Waals surface area contributed by atoms with Crippen LogP contribution in [0.1, 0.15) is 12.6 Å². The molecule has 0 unspecified atom stereocenters. The van der Waals surface area contributed by atoms with Gasteiger partial charge in [0.2, 0.25) is 11.8 Å². The standard InChI is InChI=1S/C16H20N4O4S/c1-2-24-13-6-4-3-5-12(13)19-15(23)10-25-16-18-7-11(9-21)20(16)8-14(17)22/h3-7,21H,2,8-10H2,1H3,(H2,17,22)(H,19,23). The molecule has 0 radical (unpaired) electrons. The Morgan fingerprint density at radius 2 is 2.16 bits per heavy atom. The number of nitrogens with two attached hydrogens (primary N) is 1. The van der Waals surface area contributed by atoms with Gasteiger partial charge in [-0.05, 0) is 19.1 Å². The second kappa shape index (κ2) is 9.09. The molecule has 4 N–H and O–H groups in total. The van der Waals surface area contributed by atoms with Gasteiger partial charge in [-0.2, -0.15) is 0 Å². The van der Waals surface area contributed by atoms with Gasteiger partial charge >= 0.3 is 0 Å². The van der Waals surface area contributed by atoms with Crippen molar-refractivity contribution in [3.8, 4) is 5.75 Å². The number of rotatable bonds is 9. The summed E-state index contributed by atoms with van der Waals surface area (Å²) in [6, 6.07) is 7.16. The molecule has 2 amide bonds. The summed E-state index contributed by atoms with van der Waals surface area (Å²) in [4.78, 5) is 27.5. The minimum absolute atomic E-state index is 0.0844. The summed E-state index contributed by atoms with van der Waals surface area (Å²) < 4.78 is 6.96. The molecule has 0 aliphatic rings. The van der Waals surface area contributed by atoms with Crippen LogP contribution in [0.5, 0.6) is 5.75 Å². The van der Waals surface area contributed by atoms with Crippen LogP contribution in [0.2, 0.25) is 0 Å². The molecule has 1 aromatic heterocycles. The van der Waals surface area contributed by atoms with Crippen LogP contribution in [0.15, 0.2) is 35.6 Å². The fraction of sp³-hybridized carbons (Fsp3) is 0.312. The van der Waals surface area contributed by atoms with Crippen molar-refractivity contribution in [2.45, 2.75) is 25.2 Å². The highest BCUT2D eigenvalue weighted by Gasteiger charge is 2.14. The molecule has 0 bridgehead atoms. The van der Waals surface area contributed by atoms with Crippen molar-refractivity contribution in [1.82, 2.24) is 9.55 Å². The van der Waals surface area contributed by atoms with Crippen molar-refractivity contribution in [2.75, 3.05) is 17.7 Å². The fourth-order valence-electron chi connectivity index (χ4n) is 2.13. The number of aromatic nitrogens is 2. The topological polar surface area (TPSA) is 119 Å². The van der Waals surface area contributed by atoms with Gasteiger partial charge in [0.15, 0.2) is 5.16 Å². The Kier molecular flexibility index (Phi) is 6.84. The van der Waals surface area contributed by atoms with Crippen molar-refractivity contribution in [1.29, 1.82) is 0 Å². The molecule has 0 saturated carbocycles. The van der Waals surface area contributed by atoms with Gasteiger partial charge in [0.25, 0.3) is 0 Å². The maximum atomic E-state index is 12.2. The van der Waals surface area contributed by atoms with E-state index in [1.54, 1.807) is 18.2 Å². The lowest BCUT2D eigenvalue weighted by Crippen LogP contribution is -2.21. The molecule has 9 heteroatoms. The summed E-state index contributed by atoms with van der Waals surface area (Å²) in [7, 11) is 0. The van der Waals surface area contributed by atoms with E-state index in [0.717, 1.165) is 11.8 Å². The number of hydrogen-bond acceptors (Lipinski definition) is 6. The SMILES string of the molecule is CCOc1ccccc1NC(=O)CSc1ncc(CO)n1CC(N)=O. The zero-order chi connectivity index (χ0) is 18.2. The summed E-state index contributed by atoms with van der Waals surface area (Å²) in [5.74, 6) is -0.108. The number of benzene rings is 1. The molecule has 0 atom stereocenters. The predicted molar refractivity (Wildman–Crippen MR) is 94.3 cm³/mol. The monoisotopic (exact) mass is 364 g/mol. The highest BCUT2D eigenvalue weighted by Crippen LogP contribution is 2.24. The molecule has 0 spiro atoms. The Bertz CT molecular complexity index is 747. The van der Waals surface area contributed by atoms with Crippen molar-refractivity contribution in [3.05, 3.63) is 36.2 Å². The van der Waals surface area contributed by atoms with E-state index in [1.807, 2.05) is 13.0 Å². The van der Waals surface area contributed by atoms with Gasteiger partial charge in [-0.1, -0.05) is 23.9 Å². The number of aliphatic hydroxyl groups is 1. The van der Waals surface area contributed by atoms with Crippen LogP contribution in [-0.2, 0) is 22.7 Å². The van der Waals surface area contributed by atoms with Crippen LogP contribution in [0, 0.1) is 0 Å². The number of para-hydroxylation sites is 2. The number of carbonyl (C=O) groups is 2. The molecule has 0 fully saturated rings. The first-order valence-electron chi connectivity index (χ1n) is 7.63. The van der Waals surface area contributed by atoms with Crippen LogP contribution in [0.25, 0.3) is 0 Å². The molecule has 25 heavy (non-hydrogen) atoms. The quantitative estimate of drug-likeness (QED) is 0.571. The Labute approximate surface area is 149 Å². The average molecular weight is 364 g/mol. The minimum atomic E-state index is -0.551. The molecule has 0 saturated heterocycles. The summed E-state index contributed by atoms with van der Waals surface area (Å²) >= 11 is 1.15. The summed E-state index contributed by atoms with van der Waals surface area (Å²) in [5.41, 5.74) is 6.26. The molecular formula is C16H20N4O4S. The van der Waals surface area contributed by atoms with Gasteiger partial charge in [-0.15, -0.1) is 0 Å². The Morgan fingerprint density at radius 3 is 2.84 bits per heavy atom. The molecule has 2 aromatic rings. The maximum absolute atomic E-state index is 12.2. The predicted octanol–water partition coefficient (Wildman–Crippen LogP) is 0.990. The van der Waals surface area contributed by atoms with Gasteiger partial charge in [-0.3, -0.25) is 9.59 Å². The number of primary amides is 1. The minimum Gasteiger partial charge on any atom is -0.492 e. The molecule has 1 aromatic carbocycles. The van der Waals surface area contributed by atoms with Crippen molar-refractivity contribution in [3.63, 3.8) is 0 Å². The van der Waals surface area contributed by atoms with E-state index in [1.165, 1.54) is 10.8 Å². The first-order chi connectivity index (χ1) is 12.0. The number of amides is 2. The van der Waals surface area contributed by atoms with Gasteiger partial charge in [0.1, 0.15) is 12.3 Å². The van der Waals surface area contributed by atoms with E-state index in [9.17, 15) is 14.7 Å². The van der Waals surface area contributed by atoms with E-state index in [2.05, 4.69) is 10.3 Å². The van der Waals surface area contributed by atoms with E-state index in [4.69, 9.17) is 10.5 Å². The fourth-order valence-corrected chi connectivity index (χ4v) is 2.92. The van der Waals surface area contributed by atoms with E-state index in [0.29, 0.717) is 28.9 Å². The number of thioether (sulfide) groups is 1. The largest absolute Gasteiger partial charge is 0.492 e. The van der Waals surface area contributed by atoms with E-state index >= 15 is 0 Å². The Hall–Kier alpha value is -2.52. The number of aliphatic hydroxyl groups excluding tert-OH is 1. The summed E-state index contributed by atoms with van der Waals surface area (Å²) in [6.45, 7) is 1.99. The third kappa shape index (κ3) is 5.23. The van der Waals surface area contributed by atoms with Crippen LogP contribution < -0.4 is 15.8 Å². The molecule has 0 aliphatic carbocycles. The molecule has 0 aliphatic heterocycles. The smallest absolute Gasteiger partial charge is 0.237 e. The maximum Gasteiger partial charge on any atom is 0.237 e. The van der Waals surface area contributed by atoms with Crippen LogP contribution in [0.4, 0.5) is 5.69 Å². The lowest BCUT2D eigenvalue weighted by molar-refractivity contribution is -0.118. The van der Waals surface area contributed by atoms with Crippen LogP contribution >= 0.6 is 11.8 Å². The Morgan fingerprint density at radius 1 is 1.40 bits per heavy atom. The highest BCUT2D eigenvalue weighted by atomic mass is 32.2. The van der Waals surface area contributed by atoms with Crippen molar-refractivity contribution < 1.29 is 19.4 Å². The lowest BCUT2D eigenvalue weighted by Gasteiger charge is -2.11. The summed E-state index contributed by atoms with van der Waals surface area (Å²) in [6.07, 6.45) is 1.45. The van der Waals surface area contributed by atoms with Gasteiger partial charge in [-0.25, -0.2) is 4.98 Å². The molecule has 1 heterocycles. The van der Waals surface area contributed by atoms with Crippen molar-refractivity contribution >= 4 is 29.3 Å². The second-order valence-corrected chi connectivity index (χ2v) is 5.95. The van der Waals surface area contributed by atoms with Gasteiger partial charge in [0.05, 0.1) is 36.5 Å². The highest BCUT2D eigenvalue weighted by molar-refractivity contribution is 7.99. The normalized spacial score (nSPS) is 10.5. The Balaban J connectivity index is 2.01. The van der Waals surface area contributed by atoms with Crippen LogP contribution in [-0.4, -0.2) is 38.8 Å². The number of nitrogens with one attached hydrogen (secondary N) is 1. The number of nitrogens with zero attached hydrogens (tertiary/aromatic N) is 2. The first-order valence-corrected chi connectivity index (χ1v) is 8.61. The zero-order valence-corrected chi connectivity index (χ0v) is 14.6. The number of carbonyl (C=O) groups excluding carboxylic acids is 2. The number of hydrogen-bond donors (Lipinski definition) is 3. The first kappa shape index (κ1) is 18.8. The number of ether oxygens (including phenoxy) is 1. The van der Waals surface area contributed by atoms with Crippen molar-refractivity contribution in [2.24, 2.45) is 5.73 Å². The molecule has 134 valence electrons. The van der Waals surface area contributed by atoms with Gasteiger partial charge < -0.3 is 25.5 Å². The molecule has 8 nitrogen and oxygen atoms in total. The van der Waals surface area contributed by atoms with Gasteiger partial charge in [0, 0.05) is 0 Å². The average Bonchev–Trinajstić information content (AvgIpc) is 2.96. The van der Waals surface area contributed by atoms with E-state index < -0.39 is 5.91 Å². The molecular weight excluding hydrogens is 344 g/mol. The number of anilines is 1. The lowest BCUT2D eigenvalue weighted by atomic mass is 10.3. The third-order valence-electron chi connectivity index (χ3n) is 3.17. The van der Waals surface area contributed by atoms with Crippen LogP contribution in [0.3, 0.4) is 0 Å². The third-order valence-corrected chi connectivity index (χ3v) is 4.16. The summed E-state index contributed by atoms with van der Waals surface area (Å²) in [5, 5.41) is 12.5. The second-order valence-electron chi connectivity index (χ2n) is 5.01. The molecule has 2 rings (SSSR count).